The van der Waals surface area contributed by atoms with Gasteiger partial charge in [0, 0.05) is 5.69 Å². The number of hydrogen-bond donors (Lipinski definition) is 1. The molecule has 0 aliphatic rings. The topological polar surface area (TPSA) is 64.9 Å². The second-order valence-corrected chi connectivity index (χ2v) is 6.92. The Kier molecular flexibility index (Phi) is 5.44. The summed E-state index contributed by atoms with van der Waals surface area (Å²) in [5.41, 5.74) is 3.89. The van der Waals surface area contributed by atoms with Gasteiger partial charge in [0.25, 0.3) is 0 Å². The Morgan fingerprint density at radius 1 is 1.04 bits per heavy atom. The molecule has 6 nitrogen and oxygen atoms in total. The number of anilines is 1. The number of nitrogens with zero attached hydrogens (tertiary/aromatic N) is 4. The lowest BCUT2D eigenvalue weighted by atomic mass is 9.96. The zero-order valence-electron chi connectivity index (χ0n) is 16.7. The molecule has 0 radical (unpaired) electrons. The number of hydrogen-bond acceptors (Lipinski definition) is 5. The summed E-state index contributed by atoms with van der Waals surface area (Å²) >= 11 is 0. The smallest absolute Gasteiger partial charge is 0.181 e. The van der Waals surface area contributed by atoms with Gasteiger partial charge >= 0.3 is 0 Å². The summed E-state index contributed by atoms with van der Waals surface area (Å²) in [6, 6.07) is 14.2. The average molecular weight is 365 g/mol. The van der Waals surface area contributed by atoms with Crippen LogP contribution in [0, 0.1) is 13.8 Å². The molecule has 1 aromatic heterocycles. The number of ether oxygens (including phenoxy) is 1. The fourth-order valence-corrected chi connectivity index (χ4v) is 3.24. The molecular weight excluding hydrogens is 338 g/mol. The highest BCUT2D eigenvalue weighted by Crippen LogP contribution is 2.31. The van der Waals surface area contributed by atoms with Crippen LogP contribution in [0.1, 0.15) is 44.1 Å². The molecule has 0 spiro atoms. The van der Waals surface area contributed by atoms with Gasteiger partial charge < -0.3 is 10.1 Å². The summed E-state index contributed by atoms with van der Waals surface area (Å²) in [6.07, 6.45) is 0.825. The van der Waals surface area contributed by atoms with Gasteiger partial charge in [-0.05, 0) is 79.9 Å². The van der Waals surface area contributed by atoms with Crippen LogP contribution in [-0.4, -0.2) is 26.8 Å². The summed E-state index contributed by atoms with van der Waals surface area (Å²) in [6.45, 7) is 11.1. The number of benzene rings is 2. The number of aryl methyl sites for hydroxylation is 2. The van der Waals surface area contributed by atoms with Crippen molar-refractivity contribution in [2.45, 2.75) is 46.6 Å². The molecule has 27 heavy (non-hydrogen) atoms. The van der Waals surface area contributed by atoms with E-state index in [1.54, 1.807) is 0 Å². The Balaban J connectivity index is 1.97. The van der Waals surface area contributed by atoms with Crippen LogP contribution in [0.25, 0.3) is 5.69 Å². The van der Waals surface area contributed by atoms with Crippen molar-refractivity contribution in [1.82, 2.24) is 20.2 Å². The van der Waals surface area contributed by atoms with Crippen LogP contribution < -0.4 is 10.1 Å². The number of para-hydroxylation sites is 1. The first-order valence-electron chi connectivity index (χ1n) is 9.35. The highest BCUT2D eigenvalue weighted by atomic mass is 16.5. The Morgan fingerprint density at radius 3 is 2.30 bits per heavy atom. The minimum Gasteiger partial charge on any atom is -0.494 e. The zero-order valence-corrected chi connectivity index (χ0v) is 16.7. The molecule has 142 valence electrons. The molecule has 2 aromatic carbocycles. The predicted octanol–water partition coefficient (Wildman–Crippen LogP) is 4.42. The normalized spacial score (nSPS) is 13.2. The largest absolute Gasteiger partial charge is 0.494 e. The molecule has 6 heteroatoms. The minimum atomic E-state index is -0.425. The third-order valence-corrected chi connectivity index (χ3v) is 4.91. The molecule has 0 saturated carbocycles. The lowest BCUT2D eigenvalue weighted by Crippen LogP contribution is -2.34. The van der Waals surface area contributed by atoms with Gasteiger partial charge in [0.2, 0.25) is 0 Å². The first kappa shape index (κ1) is 18.9. The van der Waals surface area contributed by atoms with Crippen LogP contribution in [0.4, 0.5) is 5.69 Å². The van der Waals surface area contributed by atoms with Crippen molar-refractivity contribution in [3.63, 3.8) is 0 Å². The van der Waals surface area contributed by atoms with Crippen LogP contribution in [0.5, 0.6) is 5.75 Å². The van der Waals surface area contributed by atoms with E-state index >= 15 is 0 Å². The molecular formula is C21H27N5O. The highest BCUT2D eigenvalue weighted by molar-refractivity contribution is 5.51. The standard InChI is InChI=1S/C21H27N5O/c1-6-21(5,22-17-11-13-18(14-12-17)27-7-2)20-23-24-25-26(20)19-15(3)9-8-10-16(19)4/h8-14,22H,6-7H2,1-5H3/t21-/m0/s1. The van der Waals surface area contributed by atoms with E-state index in [-0.39, 0.29) is 0 Å². The molecule has 0 aliphatic heterocycles. The van der Waals surface area contributed by atoms with Crippen LogP contribution >= 0.6 is 0 Å². The molecule has 1 N–H and O–H groups in total. The number of aromatic nitrogens is 4. The summed E-state index contributed by atoms with van der Waals surface area (Å²) in [4.78, 5) is 0. The maximum absolute atomic E-state index is 5.53. The molecule has 3 aromatic rings. The van der Waals surface area contributed by atoms with Gasteiger partial charge in [-0.2, -0.15) is 4.68 Å². The average Bonchev–Trinajstić information content (AvgIpc) is 3.13. The van der Waals surface area contributed by atoms with Crippen molar-refractivity contribution < 1.29 is 4.74 Å². The van der Waals surface area contributed by atoms with Crippen LogP contribution in [0.15, 0.2) is 42.5 Å². The number of rotatable bonds is 7. The van der Waals surface area contributed by atoms with Crippen LogP contribution in [0.2, 0.25) is 0 Å². The number of tetrazole rings is 1. The lowest BCUT2D eigenvalue weighted by molar-refractivity contribution is 0.340. The van der Waals surface area contributed by atoms with Crippen molar-refractivity contribution in [2.24, 2.45) is 0 Å². The highest BCUT2D eigenvalue weighted by Gasteiger charge is 2.32. The molecule has 0 fully saturated rings. The van der Waals surface area contributed by atoms with E-state index in [0.29, 0.717) is 6.61 Å². The summed E-state index contributed by atoms with van der Waals surface area (Å²) < 4.78 is 7.39. The lowest BCUT2D eigenvalue weighted by Gasteiger charge is -2.30. The third-order valence-electron chi connectivity index (χ3n) is 4.91. The van der Waals surface area contributed by atoms with Crippen molar-refractivity contribution >= 4 is 5.69 Å². The van der Waals surface area contributed by atoms with E-state index in [0.717, 1.165) is 40.5 Å². The Bertz CT molecular complexity index is 883. The van der Waals surface area contributed by atoms with Gasteiger partial charge in [0.05, 0.1) is 17.8 Å². The van der Waals surface area contributed by atoms with Crippen LogP contribution in [0.3, 0.4) is 0 Å². The van der Waals surface area contributed by atoms with Crippen molar-refractivity contribution in [2.75, 3.05) is 11.9 Å². The quantitative estimate of drug-likeness (QED) is 0.672. The summed E-state index contributed by atoms with van der Waals surface area (Å²) in [5.74, 6) is 1.65. The fourth-order valence-electron chi connectivity index (χ4n) is 3.24. The maximum Gasteiger partial charge on any atom is 0.181 e. The van der Waals surface area contributed by atoms with Gasteiger partial charge in [-0.25, -0.2) is 0 Å². The fraction of sp³-hybridized carbons (Fsp3) is 0.381. The second-order valence-electron chi connectivity index (χ2n) is 6.92. The van der Waals surface area contributed by atoms with E-state index in [1.807, 2.05) is 35.9 Å². The van der Waals surface area contributed by atoms with E-state index in [1.165, 1.54) is 0 Å². The molecule has 0 amide bonds. The predicted molar refractivity (Wildman–Crippen MR) is 108 cm³/mol. The van der Waals surface area contributed by atoms with E-state index in [9.17, 15) is 0 Å². The van der Waals surface area contributed by atoms with Crippen LogP contribution in [-0.2, 0) is 5.54 Å². The van der Waals surface area contributed by atoms with E-state index in [4.69, 9.17) is 4.74 Å². The Labute approximate surface area is 160 Å². The summed E-state index contributed by atoms with van der Waals surface area (Å²) in [7, 11) is 0. The third kappa shape index (κ3) is 3.79. The van der Waals surface area contributed by atoms with Gasteiger partial charge in [-0.3, -0.25) is 0 Å². The van der Waals surface area contributed by atoms with Gasteiger partial charge in [-0.15, -0.1) is 5.10 Å². The summed E-state index contributed by atoms with van der Waals surface area (Å²) in [5, 5.41) is 16.3. The van der Waals surface area contributed by atoms with Gasteiger partial charge in [0.1, 0.15) is 5.75 Å². The molecule has 0 unspecified atom stereocenters. The first-order chi connectivity index (χ1) is 13.0. The van der Waals surface area contributed by atoms with Gasteiger partial charge in [-0.1, -0.05) is 25.1 Å². The second kappa shape index (κ2) is 7.78. The number of nitrogens with one attached hydrogen (secondary N) is 1. The molecule has 3 rings (SSSR count). The van der Waals surface area contributed by atoms with Crippen molar-refractivity contribution in [3.05, 3.63) is 59.4 Å². The monoisotopic (exact) mass is 365 g/mol. The molecule has 0 bridgehead atoms. The molecule has 1 heterocycles. The van der Waals surface area contributed by atoms with E-state index < -0.39 is 5.54 Å². The first-order valence-corrected chi connectivity index (χ1v) is 9.35. The SMILES string of the molecule is CCOc1ccc(N[C@@](C)(CC)c2nnnn2-c2c(C)cccc2C)cc1. The minimum absolute atomic E-state index is 0.425. The van der Waals surface area contributed by atoms with Crippen molar-refractivity contribution in [3.8, 4) is 11.4 Å². The molecule has 1 atom stereocenters. The Hall–Kier alpha value is -2.89. The van der Waals surface area contributed by atoms with E-state index in [2.05, 4.69) is 66.7 Å². The molecule has 0 aliphatic carbocycles. The maximum atomic E-state index is 5.53. The Morgan fingerprint density at radius 2 is 1.70 bits per heavy atom. The zero-order chi connectivity index (χ0) is 19.4. The van der Waals surface area contributed by atoms with Crippen molar-refractivity contribution in [1.29, 1.82) is 0 Å². The molecule has 0 saturated heterocycles. The van der Waals surface area contributed by atoms with Gasteiger partial charge in [0.15, 0.2) is 5.82 Å².